The molecule has 0 unspecified atom stereocenters. The molecule has 0 atom stereocenters. The molecular formula is C10H12F3NOS2. The van der Waals surface area contributed by atoms with E-state index in [0.717, 1.165) is 12.3 Å². The maximum atomic E-state index is 12.2. The van der Waals surface area contributed by atoms with E-state index in [4.69, 9.17) is 4.74 Å². The summed E-state index contributed by atoms with van der Waals surface area (Å²) < 4.78 is 41.9. The molecule has 0 fully saturated rings. The van der Waals surface area contributed by atoms with Gasteiger partial charge in [0.2, 0.25) is 0 Å². The summed E-state index contributed by atoms with van der Waals surface area (Å²) in [5.74, 6) is 1.31. The van der Waals surface area contributed by atoms with Crippen molar-refractivity contribution in [1.29, 1.82) is 0 Å². The number of thiol groups is 1. The van der Waals surface area contributed by atoms with E-state index in [1.54, 1.807) is 0 Å². The number of halogens is 3. The summed E-state index contributed by atoms with van der Waals surface area (Å²) in [6, 6.07) is 2.40. The van der Waals surface area contributed by atoms with E-state index in [-0.39, 0.29) is 0 Å². The molecule has 1 aromatic heterocycles. The largest absolute Gasteiger partial charge is 0.417 e. The van der Waals surface area contributed by atoms with E-state index in [1.807, 2.05) is 0 Å². The minimum absolute atomic E-state index is 0.536. The number of nitrogens with zero attached hydrogens (tertiary/aromatic N) is 1. The van der Waals surface area contributed by atoms with Gasteiger partial charge in [0, 0.05) is 17.7 Å². The number of alkyl halides is 3. The fraction of sp³-hybridized carbons (Fsp3) is 0.500. The quantitative estimate of drug-likeness (QED) is 0.492. The summed E-state index contributed by atoms with van der Waals surface area (Å²) in [6.07, 6.45) is -3.48. The van der Waals surface area contributed by atoms with Gasteiger partial charge in [-0.05, 0) is 12.1 Å². The predicted molar refractivity (Wildman–Crippen MR) is 64.6 cm³/mol. The number of hydrogen-bond donors (Lipinski definition) is 1. The van der Waals surface area contributed by atoms with E-state index in [0.29, 0.717) is 29.7 Å². The number of thioether (sulfide) groups is 1. The topological polar surface area (TPSA) is 22.1 Å². The molecular weight excluding hydrogens is 271 g/mol. The van der Waals surface area contributed by atoms with Crippen molar-refractivity contribution in [1.82, 2.24) is 4.98 Å². The van der Waals surface area contributed by atoms with Crippen molar-refractivity contribution in [2.45, 2.75) is 11.2 Å². The fourth-order valence-corrected chi connectivity index (χ4v) is 1.84. The van der Waals surface area contributed by atoms with Gasteiger partial charge < -0.3 is 4.74 Å². The Morgan fingerprint density at radius 1 is 1.29 bits per heavy atom. The molecule has 0 radical (unpaired) electrons. The molecule has 0 aromatic carbocycles. The normalized spacial score (nSPS) is 11.8. The van der Waals surface area contributed by atoms with Gasteiger partial charge in [-0.15, -0.1) is 11.8 Å². The first-order chi connectivity index (χ1) is 8.04. The van der Waals surface area contributed by atoms with E-state index in [9.17, 15) is 13.2 Å². The number of ether oxygens (including phenoxy) is 1. The van der Waals surface area contributed by atoms with Gasteiger partial charge >= 0.3 is 6.18 Å². The summed E-state index contributed by atoms with van der Waals surface area (Å²) in [5, 5.41) is 0.562. The lowest BCUT2D eigenvalue weighted by molar-refractivity contribution is -0.137. The Bertz CT molecular complexity index is 329. The van der Waals surface area contributed by atoms with Crippen LogP contribution in [0.15, 0.2) is 23.4 Å². The van der Waals surface area contributed by atoms with Gasteiger partial charge in [-0.3, -0.25) is 0 Å². The molecule has 0 N–H and O–H groups in total. The number of aromatic nitrogens is 1. The summed E-state index contributed by atoms with van der Waals surface area (Å²) in [4.78, 5) is 3.74. The van der Waals surface area contributed by atoms with Crippen LogP contribution in [-0.2, 0) is 10.9 Å². The Labute approximate surface area is 107 Å². The molecule has 0 saturated heterocycles. The number of rotatable bonds is 6. The SMILES string of the molecule is FC(F)(F)c1ccc(SCCOCCS)nc1. The Hall–Kier alpha value is -0.400. The minimum atomic E-state index is -4.33. The molecule has 96 valence electrons. The standard InChI is InChI=1S/C10H12F3NOS2/c11-10(12,13)8-1-2-9(14-7-8)17-6-4-15-3-5-16/h1-2,7,16H,3-6H2. The first-order valence-corrected chi connectivity index (χ1v) is 6.50. The second-order valence-electron chi connectivity index (χ2n) is 3.07. The van der Waals surface area contributed by atoms with Gasteiger partial charge in [0.05, 0.1) is 23.8 Å². The van der Waals surface area contributed by atoms with Crippen LogP contribution in [0.4, 0.5) is 13.2 Å². The van der Waals surface area contributed by atoms with Crippen molar-refractivity contribution in [3.8, 4) is 0 Å². The molecule has 0 aliphatic rings. The van der Waals surface area contributed by atoms with Crippen molar-refractivity contribution >= 4 is 24.4 Å². The molecule has 17 heavy (non-hydrogen) atoms. The van der Waals surface area contributed by atoms with Crippen LogP contribution in [0.3, 0.4) is 0 Å². The summed E-state index contributed by atoms with van der Waals surface area (Å²) in [5.41, 5.74) is -0.729. The number of hydrogen-bond acceptors (Lipinski definition) is 4. The highest BCUT2D eigenvalue weighted by atomic mass is 32.2. The molecule has 7 heteroatoms. The summed E-state index contributed by atoms with van der Waals surface area (Å²) >= 11 is 5.34. The Morgan fingerprint density at radius 3 is 2.59 bits per heavy atom. The third-order valence-corrected chi connectivity index (χ3v) is 2.87. The van der Waals surface area contributed by atoms with Gasteiger partial charge in [0.1, 0.15) is 0 Å². The first kappa shape index (κ1) is 14.7. The molecule has 0 amide bonds. The van der Waals surface area contributed by atoms with Crippen LogP contribution >= 0.6 is 24.4 Å². The van der Waals surface area contributed by atoms with E-state index < -0.39 is 11.7 Å². The van der Waals surface area contributed by atoms with Crippen molar-refractivity contribution in [3.05, 3.63) is 23.9 Å². The van der Waals surface area contributed by atoms with E-state index in [2.05, 4.69) is 17.6 Å². The maximum Gasteiger partial charge on any atom is 0.417 e. The molecule has 1 rings (SSSR count). The van der Waals surface area contributed by atoms with Crippen LogP contribution in [0.2, 0.25) is 0 Å². The van der Waals surface area contributed by atoms with Crippen LogP contribution < -0.4 is 0 Å². The average molecular weight is 283 g/mol. The predicted octanol–water partition coefficient (Wildman–Crippen LogP) is 3.14. The van der Waals surface area contributed by atoms with Gasteiger partial charge in [0.25, 0.3) is 0 Å². The van der Waals surface area contributed by atoms with Crippen molar-refractivity contribution in [3.63, 3.8) is 0 Å². The van der Waals surface area contributed by atoms with Gasteiger partial charge in [-0.2, -0.15) is 25.8 Å². The van der Waals surface area contributed by atoms with Crippen LogP contribution in [0.5, 0.6) is 0 Å². The zero-order chi connectivity index (χ0) is 12.7. The Morgan fingerprint density at radius 2 is 2.06 bits per heavy atom. The molecule has 0 bridgehead atoms. The lowest BCUT2D eigenvalue weighted by Crippen LogP contribution is -2.05. The highest BCUT2D eigenvalue weighted by Gasteiger charge is 2.30. The van der Waals surface area contributed by atoms with Crippen LogP contribution in [-0.4, -0.2) is 29.7 Å². The molecule has 0 aliphatic carbocycles. The first-order valence-electron chi connectivity index (χ1n) is 4.88. The van der Waals surface area contributed by atoms with Crippen molar-refractivity contribution in [2.75, 3.05) is 24.7 Å². The zero-order valence-electron chi connectivity index (χ0n) is 8.91. The minimum Gasteiger partial charge on any atom is -0.380 e. The zero-order valence-corrected chi connectivity index (χ0v) is 10.6. The average Bonchev–Trinajstić information content (AvgIpc) is 2.28. The van der Waals surface area contributed by atoms with Crippen LogP contribution in [0.1, 0.15) is 5.56 Å². The van der Waals surface area contributed by atoms with Crippen molar-refractivity contribution < 1.29 is 17.9 Å². The number of pyridine rings is 1. The highest BCUT2D eigenvalue weighted by Crippen LogP contribution is 2.29. The third-order valence-electron chi connectivity index (χ3n) is 1.78. The highest BCUT2D eigenvalue weighted by molar-refractivity contribution is 7.99. The molecule has 0 aliphatic heterocycles. The third kappa shape index (κ3) is 5.65. The van der Waals surface area contributed by atoms with Gasteiger partial charge in [-0.25, -0.2) is 4.98 Å². The lowest BCUT2D eigenvalue weighted by atomic mass is 10.3. The smallest absolute Gasteiger partial charge is 0.380 e. The second-order valence-corrected chi connectivity index (χ2v) is 4.63. The molecule has 1 aromatic rings. The van der Waals surface area contributed by atoms with Crippen molar-refractivity contribution in [2.24, 2.45) is 0 Å². The van der Waals surface area contributed by atoms with E-state index >= 15 is 0 Å². The summed E-state index contributed by atoms with van der Waals surface area (Å²) in [6.45, 7) is 1.11. The van der Waals surface area contributed by atoms with Gasteiger partial charge in [-0.1, -0.05) is 0 Å². The van der Waals surface area contributed by atoms with Crippen LogP contribution in [0, 0.1) is 0 Å². The lowest BCUT2D eigenvalue weighted by Gasteiger charge is -2.06. The second kappa shape index (κ2) is 7.13. The molecule has 0 spiro atoms. The Kier molecular flexibility index (Phi) is 6.15. The van der Waals surface area contributed by atoms with Gasteiger partial charge in [0.15, 0.2) is 0 Å². The fourth-order valence-electron chi connectivity index (χ4n) is 1.01. The van der Waals surface area contributed by atoms with E-state index in [1.165, 1.54) is 17.8 Å². The molecule has 2 nitrogen and oxygen atoms in total. The summed E-state index contributed by atoms with van der Waals surface area (Å²) in [7, 11) is 0. The Balaban J connectivity index is 2.36. The maximum absolute atomic E-state index is 12.2. The molecule has 0 saturated carbocycles. The molecule has 1 heterocycles. The monoisotopic (exact) mass is 283 g/mol. The van der Waals surface area contributed by atoms with Crippen LogP contribution in [0.25, 0.3) is 0 Å².